The van der Waals surface area contributed by atoms with Crippen LogP contribution in [0, 0.1) is 0 Å². The predicted octanol–water partition coefficient (Wildman–Crippen LogP) is 3.46. The normalized spacial score (nSPS) is 23.0. The molecule has 2 unspecified atom stereocenters. The molecule has 0 spiro atoms. The summed E-state index contributed by atoms with van der Waals surface area (Å²) in [5.41, 5.74) is -0.761. The standard InChI is InChI=1S/C16H28BNO4S/c1-14(2,3)23(19)18-12(13-9-8-10-20-13)11-17-21-15(4,5)16(6,7)22-17/h8-10,12,18H,11H2,1-7H3. The molecule has 2 atom stereocenters. The molecule has 5 nitrogen and oxygen atoms in total. The molecule has 0 aromatic carbocycles. The SMILES string of the molecule is CC(C)(C)[S+]([O-])NC(CB1OC(C)(C)C(C)(C)O1)c1ccco1. The highest BCUT2D eigenvalue weighted by molar-refractivity contribution is 7.90. The van der Waals surface area contributed by atoms with Crippen molar-refractivity contribution < 1.29 is 18.3 Å². The van der Waals surface area contributed by atoms with Crippen molar-refractivity contribution in [2.45, 2.75) is 76.8 Å². The molecule has 2 heterocycles. The number of nitrogens with one attached hydrogen (secondary N) is 1. The summed E-state index contributed by atoms with van der Waals surface area (Å²) in [5.74, 6) is 0.734. The molecule has 1 aromatic heterocycles. The zero-order valence-corrected chi connectivity index (χ0v) is 16.0. The van der Waals surface area contributed by atoms with Crippen LogP contribution in [0.15, 0.2) is 22.8 Å². The molecule has 1 aliphatic rings. The number of rotatable bonds is 5. The average Bonchev–Trinajstić information content (AvgIpc) is 2.94. The second-order valence-electron chi connectivity index (χ2n) is 7.99. The lowest BCUT2D eigenvalue weighted by molar-refractivity contribution is 0.00578. The van der Waals surface area contributed by atoms with Crippen LogP contribution in [0.3, 0.4) is 0 Å². The molecular formula is C16H28BNO4S. The smallest absolute Gasteiger partial charge is 0.460 e. The molecule has 2 rings (SSSR count). The lowest BCUT2D eigenvalue weighted by Crippen LogP contribution is -2.42. The van der Waals surface area contributed by atoms with Gasteiger partial charge in [-0.2, -0.15) is 0 Å². The van der Waals surface area contributed by atoms with Gasteiger partial charge in [0.1, 0.15) is 16.5 Å². The fraction of sp³-hybridized carbons (Fsp3) is 0.750. The third-order valence-corrected chi connectivity index (χ3v) is 6.03. The van der Waals surface area contributed by atoms with E-state index in [2.05, 4.69) is 4.72 Å². The Morgan fingerprint density at radius 2 is 1.78 bits per heavy atom. The van der Waals surface area contributed by atoms with Crippen LogP contribution >= 0.6 is 0 Å². The second-order valence-corrected chi connectivity index (χ2v) is 9.99. The molecule has 23 heavy (non-hydrogen) atoms. The maximum absolute atomic E-state index is 12.5. The van der Waals surface area contributed by atoms with Gasteiger partial charge < -0.3 is 18.3 Å². The van der Waals surface area contributed by atoms with Gasteiger partial charge in [-0.3, -0.25) is 0 Å². The van der Waals surface area contributed by atoms with E-state index in [1.165, 1.54) is 0 Å². The Hall–Kier alpha value is -0.465. The highest BCUT2D eigenvalue weighted by atomic mass is 32.2. The summed E-state index contributed by atoms with van der Waals surface area (Å²) in [5, 5.41) is 0. The highest BCUT2D eigenvalue weighted by Gasteiger charge is 2.52. The van der Waals surface area contributed by atoms with Crippen molar-refractivity contribution in [1.29, 1.82) is 0 Å². The van der Waals surface area contributed by atoms with Crippen LogP contribution < -0.4 is 4.72 Å². The van der Waals surface area contributed by atoms with Crippen molar-refractivity contribution in [3.63, 3.8) is 0 Å². The first-order valence-electron chi connectivity index (χ1n) is 7.99. The first kappa shape index (κ1) is 18.9. The maximum atomic E-state index is 12.5. The quantitative estimate of drug-likeness (QED) is 0.656. The summed E-state index contributed by atoms with van der Waals surface area (Å²) in [6, 6.07) is 3.47. The zero-order valence-electron chi connectivity index (χ0n) is 15.1. The van der Waals surface area contributed by atoms with Gasteiger partial charge in [0, 0.05) is 17.7 Å². The minimum Gasteiger partial charge on any atom is -0.598 e. The largest absolute Gasteiger partial charge is 0.598 e. The summed E-state index contributed by atoms with van der Waals surface area (Å²) in [6.07, 6.45) is 2.15. The first-order valence-corrected chi connectivity index (χ1v) is 9.14. The van der Waals surface area contributed by atoms with Crippen molar-refractivity contribution in [2.75, 3.05) is 0 Å². The Labute approximate surface area is 142 Å². The highest BCUT2D eigenvalue weighted by Crippen LogP contribution is 2.39. The molecule has 1 N–H and O–H groups in total. The van der Waals surface area contributed by atoms with Crippen molar-refractivity contribution in [2.24, 2.45) is 0 Å². The van der Waals surface area contributed by atoms with Crippen molar-refractivity contribution in [3.05, 3.63) is 24.2 Å². The van der Waals surface area contributed by atoms with E-state index in [1.54, 1.807) is 6.26 Å². The van der Waals surface area contributed by atoms with E-state index in [0.717, 1.165) is 5.76 Å². The van der Waals surface area contributed by atoms with Gasteiger partial charge in [0.05, 0.1) is 17.5 Å². The molecule has 1 saturated heterocycles. The molecular weight excluding hydrogens is 313 g/mol. The van der Waals surface area contributed by atoms with E-state index < -0.39 is 11.4 Å². The lowest BCUT2D eigenvalue weighted by Gasteiger charge is -2.32. The molecule has 0 bridgehead atoms. The van der Waals surface area contributed by atoms with Gasteiger partial charge in [0.25, 0.3) is 0 Å². The Morgan fingerprint density at radius 1 is 1.22 bits per heavy atom. The topological polar surface area (TPSA) is 66.7 Å². The molecule has 1 fully saturated rings. The number of furan rings is 1. The summed E-state index contributed by atoms with van der Waals surface area (Å²) in [4.78, 5) is 0. The van der Waals surface area contributed by atoms with Crippen LogP contribution in [0.5, 0.6) is 0 Å². The number of hydrogen-bond donors (Lipinski definition) is 1. The molecule has 0 amide bonds. The van der Waals surface area contributed by atoms with Crippen LogP contribution in [-0.2, 0) is 20.7 Å². The van der Waals surface area contributed by atoms with Crippen molar-refractivity contribution in [1.82, 2.24) is 4.72 Å². The Balaban J connectivity index is 2.11. The van der Waals surface area contributed by atoms with Crippen LogP contribution in [0.1, 0.15) is 60.3 Å². The molecule has 1 aromatic rings. The van der Waals surface area contributed by atoms with E-state index in [-0.39, 0.29) is 29.1 Å². The number of hydrogen-bond acceptors (Lipinski definition) is 5. The Morgan fingerprint density at radius 3 is 2.22 bits per heavy atom. The van der Waals surface area contributed by atoms with Gasteiger partial charge >= 0.3 is 7.12 Å². The third kappa shape index (κ3) is 4.34. The predicted molar refractivity (Wildman–Crippen MR) is 93.4 cm³/mol. The summed E-state index contributed by atoms with van der Waals surface area (Å²) in [6.45, 7) is 13.9. The van der Waals surface area contributed by atoms with Crippen molar-refractivity contribution in [3.8, 4) is 0 Å². The van der Waals surface area contributed by atoms with E-state index in [1.807, 2.05) is 60.6 Å². The van der Waals surface area contributed by atoms with E-state index in [4.69, 9.17) is 13.7 Å². The van der Waals surface area contributed by atoms with Gasteiger partial charge in [0.2, 0.25) is 0 Å². The molecule has 0 radical (unpaired) electrons. The van der Waals surface area contributed by atoms with Crippen molar-refractivity contribution >= 4 is 18.5 Å². The first-order chi connectivity index (χ1) is 10.4. The molecule has 0 aliphatic carbocycles. The van der Waals surface area contributed by atoms with Crippen LogP contribution in [0.4, 0.5) is 0 Å². The van der Waals surface area contributed by atoms with Crippen LogP contribution in [0.25, 0.3) is 0 Å². The van der Waals surface area contributed by atoms with Gasteiger partial charge in [-0.15, -0.1) is 4.72 Å². The second kappa shape index (κ2) is 6.45. The summed E-state index contributed by atoms with van der Waals surface area (Å²) >= 11 is -1.21. The molecule has 130 valence electrons. The lowest BCUT2D eigenvalue weighted by atomic mass is 9.80. The van der Waals surface area contributed by atoms with E-state index >= 15 is 0 Å². The minimum atomic E-state index is -1.21. The monoisotopic (exact) mass is 341 g/mol. The fourth-order valence-corrected chi connectivity index (χ4v) is 3.10. The van der Waals surface area contributed by atoms with Gasteiger partial charge in [0.15, 0.2) is 0 Å². The zero-order chi connectivity index (χ0) is 17.5. The van der Waals surface area contributed by atoms with E-state index in [0.29, 0.717) is 6.32 Å². The summed E-state index contributed by atoms with van der Waals surface area (Å²) in [7, 11) is -0.375. The molecule has 0 saturated carbocycles. The summed E-state index contributed by atoms with van der Waals surface area (Å²) < 4.78 is 32.9. The maximum Gasteiger partial charge on any atom is 0.460 e. The van der Waals surface area contributed by atoms with Gasteiger partial charge in [-0.05, 0) is 60.6 Å². The fourth-order valence-electron chi connectivity index (χ4n) is 2.27. The Kier molecular flexibility index (Phi) is 5.29. The molecule has 7 heteroatoms. The van der Waals surface area contributed by atoms with Crippen LogP contribution in [0.2, 0.25) is 6.32 Å². The Bertz CT molecular complexity index is 497. The van der Waals surface area contributed by atoms with E-state index in [9.17, 15) is 4.55 Å². The molecule has 1 aliphatic heterocycles. The third-order valence-electron chi connectivity index (χ3n) is 4.42. The minimum absolute atomic E-state index is 0.236. The van der Waals surface area contributed by atoms with Gasteiger partial charge in [-0.1, -0.05) is 0 Å². The average molecular weight is 341 g/mol. The van der Waals surface area contributed by atoms with Gasteiger partial charge in [-0.25, -0.2) is 0 Å². The van der Waals surface area contributed by atoms with Crippen LogP contribution in [-0.4, -0.2) is 27.6 Å².